The molecule has 0 aliphatic carbocycles. The number of likely N-dealkylation sites (N-methyl/N-ethyl adjacent to an activating group) is 1. The fraction of sp³-hybridized carbons (Fsp3) is 0.300. The molecule has 6 heteroatoms. The lowest BCUT2D eigenvalue weighted by atomic mass is 10.0. The molecule has 0 spiro atoms. The molecule has 0 aliphatic heterocycles. The Labute approximate surface area is 159 Å². The number of anilines is 1. The van der Waals surface area contributed by atoms with Crippen LogP contribution in [0.15, 0.2) is 54.6 Å². The normalized spacial score (nSPS) is 11.8. The van der Waals surface area contributed by atoms with Gasteiger partial charge in [0, 0.05) is 10.7 Å². The number of halogens is 1. The molecule has 0 saturated carbocycles. The number of benzene rings is 2. The third-order valence-electron chi connectivity index (χ3n) is 4.09. The van der Waals surface area contributed by atoms with Gasteiger partial charge in [0.2, 0.25) is 11.8 Å². The zero-order chi connectivity index (χ0) is 18.9. The summed E-state index contributed by atoms with van der Waals surface area (Å²) in [4.78, 5) is 26.9. The largest absolute Gasteiger partial charge is 0.345 e. The molecular weight excluding hydrogens is 350 g/mol. The van der Waals surface area contributed by atoms with Crippen molar-refractivity contribution in [3.8, 4) is 0 Å². The Kier molecular flexibility index (Phi) is 7.63. The Morgan fingerprint density at radius 2 is 1.62 bits per heavy atom. The van der Waals surface area contributed by atoms with Gasteiger partial charge in [0.05, 0.1) is 6.54 Å². The van der Waals surface area contributed by atoms with Crippen LogP contribution in [0.2, 0.25) is 5.02 Å². The van der Waals surface area contributed by atoms with Crippen LogP contribution in [0, 0.1) is 0 Å². The van der Waals surface area contributed by atoms with E-state index in [1.807, 2.05) is 44.2 Å². The van der Waals surface area contributed by atoms with Gasteiger partial charge in [-0.3, -0.25) is 14.5 Å². The minimum absolute atomic E-state index is 0.0912. The van der Waals surface area contributed by atoms with E-state index in [2.05, 4.69) is 15.5 Å². The van der Waals surface area contributed by atoms with Crippen molar-refractivity contribution in [3.05, 3.63) is 65.2 Å². The summed E-state index contributed by atoms with van der Waals surface area (Å²) >= 11 is 5.83. The fourth-order valence-corrected chi connectivity index (χ4v) is 2.88. The van der Waals surface area contributed by atoms with Crippen molar-refractivity contribution in [1.82, 2.24) is 10.2 Å². The number of nitrogens with one attached hydrogen (secondary N) is 2. The highest BCUT2D eigenvalue weighted by atomic mass is 35.5. The topological polar surface area (TPSA) is 61.4 Å². The van der Waals surface area contributed by atoms with Crippen LogP contribution in [0.5, 0.6) is 0 Å². The molecule has 0 heterocycles. The summed E-state index contributed by atoms with van der Waals surface area (Å²) < 4.78 is 0. The number of carbonyl (C=O) groups is 2. The Balaban J connectivity index is 2.00. The second kappa shape index (κ2) is 9.94. The molecule has 2 aromatic carbocycles. The second-order valence-corrected chi connectivity index (χ2v) is 6.24. The zero-order valence-electron chi connectivity index (χ0n) is 15.0. The zero-order valence-corrected chi connectivity index (χ0v) is 15.8. The quantitative estimate of drug-likeness (QED) is 0.744. The third kappa shape index (κ3) is 5.58. The van der Waals surface area contributed by atoms with E-state index in [1.54, 1.807) is 24.3 Å². The maximum Gasteiger partial charge on any atom is 0.243 e. The molecule has 5 nitrogen and oxygen atoms in total. The molecule has 2 rings (SSSR count). The van der Waals surface area contributed by atoms with Crippen LogP contribution in [-0.4, -0.2) is 36.3 Å². The smallest absolute Gasteiger partial charge is 0.243 e. The lowest BCUT2D eigenvalue weighted by Gasteiger charge is -2.29. The van der Waals surface area contributed by atoms with Crippen LogP contribution in [0.3, 0.4) is 0 Å². The molecule has 138 valence electrons. The first kappa shape index (κ1) is 19.9. The molecule has 0 fully saturated rings. The van der Waals surface area contributed by atoms with Crippen molar-refractivity contribution in [2.75, 3.05) is 25.0 Å². The van der Waals surface area contributed by atoms with Crippen LogP contribution in [0.4, 0.5) is 5.69 Å². The molecule has 2 N–H and O–H groups in total. The van der Waals surface area contributed by atoms with E-state index in [0.717, 1.165) is 18.7 Å². The van der Waals surface area contributed by atoms with Crippen molar-refractivity contribution in [3.63, 3.8) is 0 Å². The van der Waals surface area contributed by atoms with E-state index < -0.39 is 6.04 Å². The van der Waals surface area contributed by atoms with Crippen LogP contribution in [-0.2, 0) is 9.59 Å². The number of amides is 2. The number of carbonyl (C=O) groups excluding carboxylic acids is 2. The number of hydrogen-bond donors (Lipinski definition) is 2. The van der Waals surface area contributed by atoms with Crippen molar-refractivity contribution < 1.29 is 9.59 Å². The van der Waals surface area contributed by atoms with Gasteiger partial charge in [-0.1, -0.05) is 55.8 Å². The molecule has 2 aromatic rings. The summed E-state index contributed by atoms with van der Waals surface area (Å²) in [5, 5.41) is 6.08. The van der Waals surface area contributed by atoms with E-state index in [1.165, 1.54) is 0 Å². The highest BCUT2D eigenvalue weighted by Gasteiger charge is 2.25. The molecule has 1 atom stereocenters. The highest BCUT2D eigenvalue weighted by molar-refractivity contribution is 6.30. The van der Waals surface area contributed by atoms with Crippen LogP contribution in [0.25, 0.3) is 0 Å². The number of hydrogen-bond acceptors (Lipinski definition) is 3. The monoisotopic (exact) mass is 373 g/mol. The molecule has 1 unspecified atom stereocenters. The summed E-state index contributed by atoms with van der Waals surface area (Å²) in [7, 11) is 0. The van der Waals surface area contributed by atoms with E-state index in [-0.39, 0.29) is 18.4 Å². The standard InChI is InChI=1S/C20H24ClN3O2/c1-3-24(4-2)19(15-8-6-5-7-9-15)20(26)22-14-18(25)23-17-12-10-16(21)11-13-17/h5-13,19H,3-4,14H2,1-2H3,(H,22,26)(H,23,25). The van der Waals surface area contributed by atoms with Gasteiger partial charge in [-0.25, -0.2) is 0 Å². The molecule has 0 saturated heterocycles. The molecule has 0 aromatic heterocycles. The Hall–Kier alpha value is -2.37. The summed E-state index contributed by atoms with van der Waals surface area (Å²) in [6.07, 6.45) is 0. The third-order valence-corrected chi connectivity index (χ3v) is 4.34. The predicted octanol–water partition coefficient (Wildman–Crippen LogP) is 3.48. The predicted molar refractivity (Wildman–Crippen MR) is 105 cm³/mol. The van der Waals surface area contributed by atoms with Crippen molar-refractivity contribution in [2.45, 2.75) is 19.9 Å². The summed E-state index contributed by atoms with van der Waals surface area (Å²) in [5.74, 6) is -0.474. The minimum atomic E-state index is -0.422. The second-order valence-electron chi connectivity index (χ2n) is 5.81. The van der Waals surface area contributed by atoms with Gasteiger partial charge in [0.1, 0.15) is 6.04 Å². The summed E-state index contributed by atoms with van der Waals surface area (Å²) in [5.41, 5.74) is 1.55. The van der Waals surface area contributed by atoms with Gasteiger partial charge in [-0.05, 0) is 42.9 Å². The maximum atomic E-state index is 12.8. The van der Waals surface area contributed by atoms with E-state index >= 15 is 0 Å². The van der Waals surface area contributed by atoms with Gasteiger partial charge in [-0.15, -0.1) is 0 Å². The molecule has 0 bridgehead atoms. The maximum absolute atomic E-state index is 12.8. The summed E-state index contributed by atoms with van der Waals surface area (Å²) in [6, 6.07) is 16.0. The average Bonchev–Trinajstić information content (AvgIpc) is 2.66. The van der Waals surface area contributed by atoms with Crippen LogP contribution >= 0.6 is 11.6 Å². The van der Waals surface area contributed by atoms with Gasteiger partial charge in [0.25, 0.3) is 0 Å². The fourth-order valence-electron chi connectivity index (χ4n) is 2.75. The van der Waals surface area contributed by atoms with Gasteiger partial charge < -0.3 is 10.6 Å². The lowest BCUT2D eigenvalue weighted by Crippen LogP contribution is -2.43. The van der Waals surface area contributed by atoms with Crippen molar-refractivity contribution in [2.24, 2.45) is 0 Å². The Morgan fingerprint density at radius 3 is 2.19 bits per heavy atom. The van der Waals surface area contributed by atoms with Crippen molar-refractivity contribution in [1.29, 1.82) is 0 Å². The van der Waals surface area contributed by atoms with Gasteiger partial charge in [-0.2, -0.15) is 0 Å². The Bertz CT molecular complexity index is 716. The molecule has 0 radical (unpaired) electrons. The van der Waals surface area contributed by atoms with E-state index in [4.69, 9.17) is 11.6 Å². The first-order chi connectivity index (χ1) is 12.5. The first-order valence-electron chi connectivity index (χ1n) is 8.67. The molecule has 2 amide bonds. The van der Waals surface area contributed by atoms with Crippen molar-refractivity contribution >= 4 is 29.1 Å². The average molecular weight is 374 g/mol. The van der Waals surface area contributed by atoms with Gasteiger partial charge >= 0.3 is 0 Å². The summed E-state index contributed by atoms with van der Waals surface area (Å²) in [6.45, 7) is 5.41. The van der Waals surface area contributed by atoms with E-state index in [9.17, 15) is 9.59 Å². The molecule has 0 aliphatic rings. The Morgan fingerprint density at radius 1 is 1.00 bits per heavy atom. The highest BCUT2D eigenvalue weighted by Crippen LogP contribution is 2.20. The van der Waals surface area contributed by atoms with E-state index in [0.29, 0.717) is 10.7 Å². The molecule has 26 heavy (non-hydrogen) atoms. The minimum Gasteiger partial charge on any atom is -0.345 e. The molecular formula is C20H24ClN3O2. The number of nitrogens with zero attached hydrogens (tertiary/aromatic N) is 1. The lowest BCUT2D eigenvalue weighted by molar-refractivity contribution is -0.128. The SMILES string of the molecule is CCN(CC)C(C(=O)NCC(=O)Nc1ccc(Cl)cc1)c1ccccc1. The first-order valence-corrected chi connectivity index (χ1v) is 9.05. The van der Waals surface area contributed by atoms with Crippen LogP contribution in [0.1, 0.15) is 25.5 Å². The van der Waals surface area contributed by atoms with Gasteiger partial charge in [0.15, 0.2) is 0 Å². The number of rotatable bonds is 8. The van der Waals surface area contributed by atoms with Crippen LogP contribution < -0.4 is 10.6 Å².